The average molecular weight is 240 g/mol. The second kappa shape index (κ2) is 5.73. The van der Waals surface area contributed by atoms with Gasteiger partial charge < -0.3 is 10.2 Å². The summed E-state index contributed by atoms with van der Waals surface area (Å²) in [5, 5.41) is 0. The van der Waals surface area contributed by atoms with Gasteiger partial charge in [0.15, 0.2) is 5.89 Å². The highest BCUT2D eigenvalue weighted by Crippen LogP contribution is 2.25. The average Bonchev–Trinajstić information content (AvgIpc) is 2.66. The van der Waals surface area contributed by atoms with Gasteiger partial charge in [-0.1, -0.05) is 0 Å². The Hall–Kier alpha value is -0.480. The van der Waals surface area contributed by atoms with Gasteiger partial charge in [0.1, 0.15) is 5.76 Å². The normalized spacial score (nSPS) is 19.9. The van der Waals surface area contributed by atoms with Crippen molar-refractivity contribution < 1.29 is 4.42 Å². The van der Waals surface area contributed by atoms with Gasteiger partial charge in [-0.25, -0.2) is 4.98 Å². The molecule has 0 saturated carbocycles. The van der Waals surface area contributed by atoms with Crippen molar-refractivity contribution in [3.05, 3.63) is 17.8 Å². The number of nitrogens with zero attached hydrogens (tertiary/aromatic N) is 1. The molecular weight excluding hydrogens is 220 g/mol. The van der Waals surface area contributed by atoms with E-state index in [1.807, 2.05) is 13.1 Å². The van der Waals surface area contributed by atoms with Crippen molar-refractivity contribution in [2.24, 2.45) is 11.7 Å². The molecule has 0 aliphatic carbocycles. The topological polar surface area (TPSA) is 52.0 Å². The summed E-state index contributed by atoms with van der Waals surface area (Å²) in [6, 6.07) is 0.145. The summed E-state index contributed by atoms with van der Waals surface area (Å²) in [6.45, 7) is 1.99. The number of thioether (sulfide) groups is 1. The molecule has 0 radical (unpaired) electrons. The largest absolute Gasteiger partial charge is 0.446 e. The minimum Gasteiger partial charge on any atom is -0.446 e. The van der Waals surface area contributed by atoms with Crippen LogP contribution in [0.1, 0.15) is 31.4 Å². The van der Waals surface area contributed by atoms with Crippen LogP contribution in [0, 0.1) is 5.92 Å². The van der Waals surface area contributed by atoms with E-state index >= 15 is 0 Å². The number of hydrogen-bond donors (Lipinski definition) is 1. The first-order valence-corrected chi connectivity index (χ1v) is 7.16. The highest BCUT2D eigenvalue weighted by molar-refractivity contribution is 7.99. The van der Waals surface area contributed by atoms with Crippen LogP contribution in [0.5, 0.6) is 0 Å². The van der Waals surface area contributed by atoms with Gasteiger partial charge in [0.05, 0.1) is 6.20 Å². The zero-order valence-corrected chi connectivity index (χ0v) is 10.6. The number of hydrogen-bond acceptors (Lipinski definition) is 4. The van der Waals surface area contributed by atoms with Crippen LogP contribution in [0.4, 0.5) is 0 Å². The lowest BCUT2D eigenvalue weighted by atomic mass is 9.99. The molecule has 4 heteroatoms. The molecule has 3 nitrogen and oxygen atoms in total. The molecule has 2 N–H and O–H groups in total. The minimum atomic E-state index is 0.145. The zero-order valence-electron chi connectivity index (χ0n) is 9.82. The van der Waals surface area contributed by atoms with Crippen molar-refractivity contribution in [2.75, 3.05) is 11.5 Å². The summed E-state index contributed by atoms with van der Waals surface area (Å²) in [6.07, 6.45) is 6.22. The molecule has 1 saturated heterocycles. The molecule has 1 aromatic rings. The molecule has 1 aliphatic rings. The van der Waals surface area contributed by atoms with Crippen molar-refractivity contribution in [1.82, 2.24) is 4.98 Å². The molecule has 2 heterocycles. The number of aromatic nitrogens is 1. The molecule has 1 aromatic heterocycles. The maximum atomic E-state index is 5.73. The molecule has 1 aliphatic heterocycles. The zero-order chi connectivity index (χ0) is 11.4. The summed E-state index contributed by atoms with van der Waals surface area (Å²) in [5.74, 6) is 5.17. The maximum Gasteiger partial charge on any atom is 0.194 e. The van der Waals surface area contributed by atoms with Gasteiger partial charge in [-0.3, -0.25) is 0 Å². The molecule has 1 unspecified atom stereocenters. The molecule has 2 rings (SSSR count). The van der Waals surface area contributed by atoms with Crippen molar-refractivity contribution >= 4 is 11.8 Å². The third kappa shape index (κ3) is 3.52. The lowest BCUT2D eigenvalue weighted by Gasteiger charge is -2.19. The monoisotopic (exact) mass is 240 g/mol. The van der Waals surface area contributed by atoms with Gasteiger partial charge in [-0.15, -0.1) is 0 Å². The summed E-state index contributed by atoms with van der Waals surface area (Å²) >= 11 is 2.06. The van der Waals surface area contributed by atoms with E-state index in [1.54, 1.807) is 0 Å². The van der Waals surface area contributed by atoms with Gasteiger partial charge in [-0.2, -0.15) is 11.8 Å². The molecule has 0 aromatic carbocycles. The molecule has 0 spiro atoms. The first-order chi connectivity index (χ1) is 7.74. The summed E-state index contributed by atoms with van der Waals surface area (Å²) in [5.41, 5.74) is 5.73. The highest BCUT2D eigenvalue weighted by atomic mass is 32.2. The number of rotatable bonds is 4. The Balaban J connectivity index is 1.86. The van der Waals surface area contributed by atoms with Gasteiger partial charge in [0, 0.05) is 18.9 Å². The van der Waals surface area contributed by atoms with E-state index < -0.39 is 0 Å². The van der Waals surface area contributed by atoms with E-state index in [0.717, 1.165) is 30.4 Å². The van der Waals surface area contributed by atoms with Gasteiger partial charge >= 0.3 is 0 Å². The van der Waals surface area contributed by atoms with Crippen LogP contribution in [0.25, 0.3) is 0 Å². The lowest BCUT2D eigenvalue weighted by molar-refractivity contribution is 0.388. The predicted octanol–water partition coefficient (Wildman–Crippen LogP) is 2.25. The van der Waals surface area contributed by atoms with Crippen molar-refractivity contribution in [3.63, 3.8) is 0 Å². The Bertz CT molecular complexity index is 319. The van der Waals surface area contributed by atoms with Crippen molar-refractivity contribution in [1.29, 1.82) is 0 Å². The van der Waals surface area contributed by atoms with E-state index in [2.05, 4.69) is 16.7 Å². The second-order valence-electron chi connectivity index (χ2n) is 4.66. The fourth-order valence-electron chi connectivity index (χ4n) is 2.05. The SMILES string of the molecule is CC(N)Cc1cnc(CC2CCSCC2)o1. The quantitative estimate of drug-likeness (QED) is 0.877. The maximum absolute atomic E-state index is 5.73. The molecule has 16 heavy (non-hydrogen) atoms. The Morgan fingerprint density at radius 3 is 3.00 bits per heavy atom. The molecule has 1 atom stereocenters. The standard InChI is InChI=1S/C12H20N2OS/c1-9(13)6-11-8-14-12(15-11)7-10-2-4-16-5-3-10/h8-10H,2-7,13H2,1H3. The Kier molecular flexibility index (Phi) is 4.29. The number of oxazole rings is 1. The lowest BCUT2D eigenvalue weighted by Crippen LogP contribution is -2.17. The molecule has 90 valence electrons. The van der Waals surface area contributed by atoms with Crippen molar-refractivity contribution in [3.8, 4) is 0 Å². The van der Waals surface area contributed by atoms with Crippen LogP contribution in [-0.2, 0) is 12.8 Å². The summed E-state index contributed by atoms with van der Waals surface area (Å²) in [7, 11) is 0. The molecule has 0 bridgehead atoms. The first-order valence-electron chi connectivity index (χ1n) is 6.01. The van der Waals surface area contributed by atoms with Crippen LogP contribution in [0.15, 0.2) is 10.6 Å². The van der Waals surface area contributed by atoms with Crippen LogP contribution >= 0.6 is 11.8 Å². The van der Waals surface area contributed by atoms with Gasteiger partial charge in [-0.05, 0) is 37.2 Å². The van der Waals surface area contributed by atoms with E-state index in [0.29, 0.717) is 0 Å². The predicted molar refractivity (Wildman–Crippen MR) is 67.6 cm³/mol. The van der Waals surface area contributed by atoms with Crippen molar-refractivity contribution in [2.45, 2.75) is 38.6 Å². The second-order valence-corrected chi connectivity index (χ2v) is 5.89. The van der Waals surface area contributed by atoms with E-state index in [1.165, 1.54) is 24.3 Å². The smallest absolute Gasteiger partial charge is 0.194 e. The summed E-state index contributed by atoms with van der Waals surface area (Å²) in [4.78, 5) is 4.33. The first kappa shape index (κ1) is 12.0. The van der Waals surface area contributed by atoms with Gasteiger partial charge in [0.25, 0.3) is 0 Å². The Morgan fingerprint density at radius 2 is 2.31 bits per heavy atom. The molecule has 1 fully saturated rings. The highest BCUT2D eigenvalue weighted by Gasteiger charge is 2.17. The van der Waals surface area contributed by atoms with Crippen LogP contribution in [0.2, 0.25) is 0 Å². The van der Waals surface area contributed by atoms with Crippen LogP contribution in [-0.4, -0.2) is 22.5 Å². The fourth-order valence-corrected chi connectivity index (χ4v) is 3.26. The van der Waals surface area contributed by atoms with E-state index in [-0.39, 0.29) is 6.04 Å². The third-order valence-electron chi connectivity index (χ3n) is 2.93. The fraction of sp³-hybridized carbons (Fsp3) is 0.750. The third-order valence-corrected chi connectivity index (χ3v) is 3.98. The minimum absolute atomic E-state index is 0.145. The van der Waals surface area contributed by atoms with Gasteiger partial charge in [0.2, 0.25) is 0 Å². The van der Waals surface area contributed by atoms with Crippen LogP contribution < -0.4 is 5.73 Å². The molecule has 0 amide bonds. The molecular formula is C12H20N2OS. The Morgan fingerprint density at radius 1 is 1.56 bits per heavy atom. The van der Waals surface area contributed by atoms with E-state index in [4.69, 9.17) is 10.2 Å². The number of nitrogens with two attached hydrogens (primary N) is 1. The van der Waals surface area contributed by atoms with E-state index in [9.17, 15) is 0 Å². The summed E-state index contributed by atoms with van der Waals surface area (Å²) < 4.78 is 5.70. The Labute approximate surface area is 101 Å². The van der Waals surface area contributed by atoms with Crippen LogP contribution in [0.3, 0.4) is 0 Å².